The zero-order valence-corrected chi connectivity index (χ0v) is 28.2. The Morgan fingerprint density at radius 3 is 1.30 bits per heavy atom. The van der Waals surface area contributed by atoms with Gasteiger partial charge in [0.25, 0.3) is 0 Å². The topological polar surface area (TPSA) is 74.6 Å². The second kappa shape index (κ2) is 15.5. The predicted molar refractivity (Wildman–Crippen MR) is 185 cm³/mol. The highest BCUT2D eigenvalue weighted by Gasteiger charge is 2.32. The Labute approximate surface area is 265 Å². The second-order valence-corrected chi connectivity index (χ2v) is 12.9. The molecule has 0 spiro atoms. The molecular formula is C40H50O4. The van der Waals surface area contributed by atoms with Crippen molar-refractivity contribution in [1.29, 1.82) is 0 Å². The Morgan fingerprint density at radius 2 is 0.955 bits per heavy atom. The van der Waals surface area contributed by atoms with Crippen LogP contribution in [0.2, 0.25) is 0 Å². The zero-order chi connectivity index (χ0) is 33.2. The van der Waals surface area contributed by atoms with Gasteiger partial charge in [-0.15, -0.1) is 0 Å². The highest BCUT2D eigenvalue weighted by Crippen LogP contribution is 2.38. The van der Waals surface area contributed by atoms with Gasteiger partial charge in [0.15, 0.2) is 11.5 Å². The van der Waals surface area contributed by atoms with Crippen LogP contribution in [0.15, 0.2) is 141 Å². The monoisotopic (exact) mass is 594 g/mol. The molecule has 0 bridgehead atoms. The van der Waals surface area contributed by atoms with Gasteiger partial charge in [-0.25, -0.2) is 0 Å². The Kier molecular flexibility index (Phi) is 12.7. The van der Waals surface area contributed by atoms with Crippen LogP contribution in [0.3, 0.4) is 0 Å². The summed E-state index contributed by atoms with van der Waals surface area (Å²) in [5.41, 5.74) is 6.73. The van der Waals surface area contributed by atoms with Gasteiger partial charge >= 0.3 is 0 Å². The molecule has 0 aromatic rings. The lowest BCUT2D eigenvalue weighted by molar-refractivity contribution is -0.115. The summed E-state index contributed by atoms with van der Waals surface area (Å²) in [6.07, 6.45) is 29.9. The van der Waals surface area contributed by atoms with E-state index in [0.29, 0.717) is 11.1 Å². The lowest BCUT2D eigenvalue weighted by Gasteiger charge is -2.28. The number of hydrogen-bond donors (Lipinski definition) is 2. The number of aliphatic hydroxyl groups is 2. The fraction of sp³-hybridized carbons (Fsp3) is 0.350. The third-order valence-electron chi connectivity index (χ3n) is 7.90. The SMILES string of the molecule is CC1=C(/C=C/C(C)=C/C=C/C(C)=C/CC/C=C(C)/C=C/C=C(C)/C=C/C2=C(C)C(=O)C(O)=CC2(C)C)C(C)(C)C=C(O)C1=O. The van der Waals surface area contributed by atoms with Crippen LogP contribution in [-0.4, -0.2) is 21.8 Å². The average Bonchev–Trinajstić information content (AvgIpc) is 2.92. The molecule has 0 heterocycles. The van der Waals surface area contributed by atoms with Gasteiger partial charge in [-0.1, -0.05) is 123 Å². The normalized spacial score (nSPS) is 20.7. The maximum Gasteiger partial charge on any atom is 0.222 e. The van der Waals surface area contributed by atoms with Crippen LogP contribution in [-0.2, 0) is 9.59 Å². The molecule has 0 amide bonds. The standard InChI is InChI=1S/C40H50O4/c1-27(17-13-19-29(3)21-23-33-31(5)37(43)35(41)25-39(33,7)8)15-11-12-16-28(2)18-14-20-30(4)22-24-34-32(6)38(44)36(42)26-40(34,9)10/h13-26,41-42H,11-12H2,1-10H3/b17-13+,18-14+,23-21+,24-22+,27-15+,28-16+,29-19+,30-20+. The second-order valence-electron chi connectivity index (χ2n) is 12.9. The minimum absolute atomic E-state index is 0.175. The van der Waals surface area contributed by atoms with E-state index in [-0.39, 0.29) is 23.1 Å². The Bertz CT molecular complexity index is 1410. The number of carbonyl (C=O) groups excluding carboxylic acids is 2. The first kappa shape index (κ1) is 36.0. The molecule has 0 saturated carbocycles. The van der Waals surface area contributed by atoms with E-state index in [1.807, 2.05) is 90.2 Å². The maximum atomic E-state index is 12.2. The summed E-state index contributed by atoms with van der Waals surface area (Å²) >= 11 is 0. The van der Waals surface area contributed by atoms with E-state index in [2.05, 4.69) is 38.2 Å². The fourth-order valence-electron chi connectivity index (χ4n) is 5.25. The first-order valence-electron chi connectivity index (χ1n) is 15.2. The number of allylic oxidation sites excluding steroid dienone is 22. The highest BCUT2D eigenvalue weighted by molar-refractivity contribution is 6.09. The molecule has 0 radical (unpaired) electrons. The average molecular weight is 595 g/mol. The number of hydrogen-bond acceptors (Lipinski definition) is 4. The summed E-state index contributed by atoms with van der Waals surface area (Å²) in [6.45, 7) is 19.7. The van der Waals surface area contributed by atoms with Crippen molar-refractivity contribution in [3.8, 4) is 0 Å². The molecule has 4 nitrogen and oxygen atoms in total. The summed E-state index contributed by atoms with van der Waals surface area (Å²) in [7, 11) is 0. The first-order chi connectivity index (χ1) is 20.5. The van der Waals surface area contributed by atoms with Gasteiger partial charge in [-0.05, 0) is 77.7 Å². The third-order valence-corrected chi connectivity index (χ3v) is 7.90. The van der Waals surface area contributed by atoms with Crippen molar-refractivity contribution >= 4 is 11.6 Å². The number of Topliss-reactive ketones (excluding diaryl/α,β-unsaturated/α-hetero) is 2. The number of carbonyl (C=O) groups is 2. The fourth-order valence-corrected chi connectivity index (χ4v) is 5.25. The van der Waals surface area contributed by atoms with Crippen molar-refractivity contribution in [2.45, 2.75) is 82.1 Å². The Morgan fingerprint density at radius 1 is 0.614 bits per heavy atom. The van der Waals surface area contributed by atoms with Crippen LogP contribution >= 0.6 is 0 Å². The predicted octanol–water partition coefficient (Wildman–Crippen LogP) is 10.5. The molecular weight excluding hydrogens is 544 g/mol. The van der Waals surface area contributed by atoms with E-state index in [1.165, 1.54) is 11.1 Å². The Balaban J connectivity index is 1.89. The van der Waals surface area contributed by atoms with E-state index < -0.39 is 10.8 Å². The van der Waals surface area contributed by atoms with Crippen molar-refractivity contribution in [2.75, 3.05) is 0 Å². The van der Waals surface area contributed by atoms with Crippen molar-refractivity contribution in [3.05, 3.63) is 141 Å². The quantitative estimate of drug-likeness (QED) is 0.184. The van der Waals surface area contributed by atoms with Crippen LogP contribution in [0.5, 0.6) is 0 Å². The molecule has 0 aromatic carbocycles. The molecule has 2 aliphatic rings. The molecule has 2 aliphatic carbocycles. The van der Waals surface area contributed by atoms with Gasteiger partial charge in [-0.3, -0.25) is 9.59 Å². The number of rotatable bonds is 11. The van der Waals surface area contributed by atoms with Gasteiger partial charge in [0, 0.05) is 22.0 Å². The number of aliphatic hydroxyl groups excluding tert-OH is 2. The molecule has 44 heavy (non-hydrogen) atoms. The largest absolute Gasteiger partial charge is 0.504 e. The number of unbranched alkanes of at least 4 members (excludes halogenated alkanes) is 1. The Hall–Kier alpha value is -4.18. The van der Waals surface area contributed by atoms with E-state index >= 15 is 0 Å². The lowest BCUT2D eigenvalue weighted by Crippen LogP contribution is -2.23. The molecule has 234 valence electrons. The lowest BCUT2D eigenvalue weighted by atomic mass is 9.76. The zero-order valence-electron chi connectivity index (χ0n) is 28.2. The highest BCUT2D eigenvalue weighted by atomic mass is 16.3. The van der Waals surface area contributed by atoms with E-state index in [0.717, 1.165) is 35.1 Å². The molecule has 4 heteroatoms. The smallest absolute Gasteiger partial charge is 0.222 e. The molecule has 0 aromatic heterocycles. The molecule has 0 atom stereocenters. The maximum absolute atomic E-state index is 12.2. The van der Waals surface area contributed by atoms with E-state index in [4.69, 9.17) is 0 Å². The van der Waals surface area contributed by atoms with Crippen LogP contribution in [0.1, 0.15) is 82.1 Å². The molecule has 2 rings (SSSR count). The van der Waals surface area contributed by atoms with Crippen LogP contribution in [0, 0.1) is 10.8 Å². The van der Waals surface area contributed by atoms with Crippen molar-refractivity contribution in [2.24, 2.45) is 10.8 Å². The summed E-state index contributed by atoms with van der Waals surface area (Å²) in [6, 6.07) is 0. The summed E-state index contributed by atoms with van der Waals surface area (Å²) in [4.78, 5) is 24.3. The van der Waals surface area contributed by atoms with Crippen LogP contribution in [0.4, 0.5) is 0 Å². The van der Waals surface area contributed by atoms with E-state index in [9.17, 15) is 19.8 Å². The summed E-state index contributed by atoms with van der Waals surface area (Å²) in [5.74, 6) is -0.968. The van der Waals surface area contributed by atoms with Crippen molar-refractivity contribution in [1.82, 2.24) is 0 Å². The molecule has 0 fully saturated rings. The van der Waals surface area contributed by atoms with Gasteiger partial charge < -0.3 is 10.2 Å². The van der Waals surface area contributed by atoms with Crippen molar-refractivity contribution < 1.29 is 19.8 Å². The third kappa shape index (κ3) is 10.2. The van der Waals surface area contributed by atoms with Crippen LogP contribution < -0.4 is 0 Å². The van der Waals surface area contributed by atoms with Gasteiger partial charge in [0.05, 0.1) is 0 Å². The first-order valence-corrected chi connectivity index (χ1v) is 15.2. The van der Waals surface area contributed by atoms with E-state index in [1.54, 1.807) is 26.0 Å². The minimum Gasteiger partial charge on any atom is -0.504 e. The molecule has 0 unspecified atom stereocenters. The van der Waals surface area contributed by atoms with Gasteiger partial charge in [0.1, 0.15) is 0 Å². The van der Waals surface area contributed by atoms with Gasteiger partial charge in [0.2, 0.25) is 11.6 Å². The van der Waals surface area contributed by atoms with Crippen LogP contribution in [0.25, 0.3) is 0 Å². The molecule has 0 saturated heterocycles. The summed E-state index contributed by atoms with van der Waals surface area (Å²) in [5, 5.41) is 19.8. The van der Waals surface area contributed by atoms with Gasteiger partial charge in [-0.2, -0.15) is 0 Å². The summed E-state index contributed by atoms with van der Waals surface area (Å²) < 4.78 is 0. The molecule has 2 N–H and O–H groups in total. The minimum atomic E-state index is -0.401. The van der Waals surface area contributed by atoms with Crippen molar-refractivity contribution in [3.63, 3.8) is 0 Å². The molecule has 0 aliphatic heterocycles. The number of ketones is 2.